The fraction of sp³-hybridized carbons (Fsp3) is 0.310. The summed E-state index contributed by atoms with van der Waals surface area (Å²) >= 11 is 0. The molecule has 3 aromatic rings. The van der Waals surface area contributed by atoms with Crippen molar-refractivity contribution in [3.05, 3.63) is 95.1 Å². The van der Waals surface area contributed by atoms with Crippen LogP contribution in [0.15, 0.2) is 72.8 Å². The van der Waals surface area contributed by atoms with E-state index in [1.54, 1.807) is 0 Å². The molecule has 0 saturated carbocycles. The third-order valence-corrected chi connectivity index (χ3v) is 7.11. The van der Waals surface area contributed by atoms with Crippen molar-refractivity contribution in [1.29, 1.82) is 0 Å². The number of nitrogens with zero attached hydrogens (tertiary/aromatic N) is 1. The van der Waals surface area contributed by atoms with Crippen molar-refractivity contribution in [3.8, 4) is 11.1 Å². The summed E-state index contributed by atoms with van der Waals surface area (Å²) < 4.78 is 5.53. The molecule has 0 bridgehead atoms. The minimum Gasteiger partial charge on any atom is -0.480 e. The number of carbonyl (C=O) groups is 2. The predicted octanol–water partition coefficient (Wildman–Crippen LogP) is 5.24. The second-order valence-corrected chi connectivity index (χ2v) is 9.30. The summed E-state index contributed by atoms with van der Waals surface area (Å²) in [7, 11) is 0. The van der Waals surface area contributed by atoms with Gasteiger partial charge >= 0.3 is 12.1 Å². The summed E-state index contributed by atoms with van der Waals surface area (Å²) in [6, 6.07) is 23.7. The van der Waals surface area contributed by atoms with Gasteiger partial charge in [0.25, 0.3) is 0 Å². The lowest BCUT2D eigenvalue weighted by Gasteiger charge is -2.29. The molecule has 3 aromatic carbocycles. The highest BCUT2D eigenvalue weighted by Crippen LogP contribution is 2.44. The number of hydrogen-bond acceptors (Lipinski definition) is 4. The van der Waals surface area contributed by atoms with Crippen LogP contribution in [0.25, 0.3) is 11.1 Å². The zero-order chi connectivity index (χ0) is 24.2. The first-order valence-corrected chi connectivity index (χ1v) is 12.2. The average molecular weight is 507 g/mol. The topological polar surface area (TPSA) is 78.9 Å². The molecule has 2 aliphatic rings. The monoisotopic (exact) mass is 506 g/mol. The van der Waals surface area contributed by atoms with E-state index in [9.17, 15) is 14.7 Å². The quantitative estimate of drug-likeness (QED) is 0.437. The Kier molecular flexibility index (Phi) is 8.28. The largest absolute Gasteiger partial charge is 0.480 e. The summed E-state index contributed by atoms with van der Waals surface area (Å²) in [5, 5.41) is 12.2. The van der Waals surface area contributed by atoms with E-state index in [2.05, 4.69) is 58.7 Å². The van der Waals surface area contributed by atoms with E-state index in [0.29, 0.717) is 12.8 Å². The average Bonchev–Trinajstić information content (AvgIpc) is 3.20. The van der Waals surface area contributed by atoms with Crippen LogP contribution in [0.5, 0.6) is 0 Å². The Morgan fingerprint density at radius 3 is 2.22 bits per heavy atom. The molecular formula is C29H31ClN2O4. The fourth-order valence-electron chi connectivity index (χ4n) is 5.30. The van der Waals surface area contributed by atoms with Crippen LogP contribution < -0.4 is 5.32 Å². The number of halogens is 1. The second kappa shape index (κ2) is 11.6. The van der Waals surface area contributed by atoms with Crippen LogP contribution >= 0.6 is 12.4 Å². The molecular weight excluding hydrogens is 476 g/mol. The van der Waals surface area contributed by atoms with Crippen molar-refractivity contribution >= 4 is 24.5 Å². The molecule has 1 aliphatic carbocycles. The van der Waals surface area contributed by atoms with Crippen molar-refractivity contribution in [2.75, 3.05) is 19.7 Å². The summed E-state index contributed by atoms with van der Waals surface area (Å²) in [4.78, 5) is 26.7. The molecule has 0 spiro atoms. The molecule has 0 saturated heterocycles. The van der Waals surface area contributed by atoms with E-state index in [-0.39, 0.29) is 24.9 Å². The van der Waals surface area contributed by atoms with Crippen LogP contribution in [0, 0.1) is 0 Å². The van der Waals surface area contributed by atoms with Gasteiger partial charge in [-0.1, -0.05) is 72.8 Å². The van der Waals surface area contributed by atoms with Crippen LogP contribution in [0.2, 0.25) is 0 Å². The van der Waals surface area contributed by atoms with Crippen LogP contribution in [0.4, 0.5) is 4.79 Å². The van der Waals surface area contributed by atoms with Gasteiger partial charge in [0, 0.05) is 19.0 Å². The van der Waals surface area contributed by atoms with E-state index in [1.165, 1.54) is 11.1 Å². The molecule has 0 fully saturated rings. The number of hydrogen-bond donors (Lipinski definition) is 2. The number of ether oxygens (including phenoxy) is 1. The Morgan fingerprint density at radius 1 is 0.944 bits per heavy atom. The standard InChI is InChI=1S/C29H30N2O4.ClH/c32-28(33)27(14-7-16-31-17-15-20-8-1-2-9-21(20)18-31)30-29(34)35-19-26-24-12-5-3-10-22(24)23-11-4-6-13-25(23)26;/h1-6,8-13,26-27H,7,14-19H2,(H,30,34)(H,32,33);1H/t27-;/m0./s1. The first-order valence-electron chi connectivity index (χ1n) is 12.2. The third kappa shape index (κ3) is 5.55. The lowest BCUT2D eigenvalue weighted by Crippen LogP contribution is -2.42. The molecule has 1 atom stereocenters. The highest BCUT2D eigenvalue weighted by molar-refractivity contribution is 5.85. The number of aliphatic carboxylic acids is 1. The Labute approximate surface area is 217 Å². The van der Waals surface area contributed by atoms with Gasteiger partial charge in [0.05, 0.1) is 0 Å². The van der Waals surface area contributed by atoms with Crippen LogP contribution in [-0.4, -0.2) is 47.8 Å². The van der Waals surface area contributed by atoms with Crippen LogP contribution in [-0.2, 0) is 22.5 Å². The molecule has 1 heterocycles. The highest BCUT2D eigenvalue weighted by atomic mass is 35.5. The third-order valence-electron chi connectivity index (χ3n) is 7.11. The molecule has 36 heavy (non-hydrogen) atoms. The Morgan fingerprint density at radius 2 is 1.56 bits per heavy atom. The van der Waals surface area contributed by atoms with E-state index in [0.717, 1.165) is 48.3 Å². The van der Waals surface area contributed by atoms with E-state index >= 15 is 0 Å². The van der Waals surface area contributed by atoms with Gasteiger partial charge in [-0.15, -0.1) is 12.4 Å². The molecule has 2 N–H and O–H groups in total. The lowest BCUT2D eigenvalue weighted by molar-refractivity contribution is -0.139. The minimum absolute atomic E-state index is 0. The maximum absolute atomic E-state index is 12.5. The van der Waals surface area contributed by atoms with Gasteiger partial charge in [-0.2, -0.15) is 0 Å². The van der Waals surface area contributed by atoms with Crippen molar-refractivity contribution in [1.82, 2.24) is 10.2 Å². The highest BCUT2D eigenvalue weighted by Gasteiger charge is 2.29. The number of fused-ring (bicyclic) bond motifs is 4. The van der Waals surface area contributed by atoms with Gasteiger partial charge < -0.3 is 15.2 Å². The Bertz CT molecular complexity index is 1190. The first-order chi connectivity index (χ1) is 17.1. The van der Waals surface area contributed by atoms with Gasteiger partial charge in [-0.3, -0.25) is 4.90 Å². The fourth-order valence-corrected chi connectivity index (χ4v) is 5.30. The summed E-state index contributed by atoms with van der Waals surface area (Å²) in [5.74, 6) is -1.10. The lowest BCUT2D eigenvalue weighted by atomic mass is 9.98. The number of amides is 1. The molecule has 6 nitrogen and oxygen atoms in total. The maximum atomic E-state index is 12.5. The minimum atomic E-state index is -1.04. The van der Waals surface area contributed by atoms with E-state index in [1.807, 2.05) is 24.3 Å². The predicted molar refractivity (Wildman–Crippen MR) is 142 cm³/mol. The number of alkyl carbamates (subject to hydrolysis) is 1. The molecule has 0 aromatic heterocycles. The molecule has 5 rings (SSSR count). The van der Waals surface area contributed by atoms with Gasteiger partial charge in [0.15, 0.2) is 0 Å². The van der Waals surface area contributed by atoms with Crippen molar-refractivity contribution < 1.29 is 19.4 Å². The van der Waals surface area contributed by atoms with Gasteiger partial charge in [-0.05, 0) is 59.2 Å². The Balaban J connectivity index is 0.00000304. The van der Waals surface area contributed by atoms with E-state index in [4.69, 9.17) is 4.74 Å². The number of benzene rings is 3. The summed E-state index contributed by atoms with van der Waals surface area (Å²) in [6.45, 7) is 2.81. The molecule has 0 unspecified atom stereocenters. The van der Waals surface area contributed by atoms with Crippen molar-refractivity contribution in [2.24, 2.45) is 0 Å². The number of carbonyl (C=O) groups excluding carboxylic acids is 1. The van der Waals surface area contributed by atoms with Crippen LogP contribution in [0.1, 0.15) is 41.0 Å². The van der Waals surface area contributed by atoms with E-state index < -0.39 is 18.1 Å². The summed E-state index contributed by atoms with van der Waals surface area (Å²) in [5.41, 5.74) is 7.29. The SMILES string of the molecule is Cl.O=C(N[C@@H](CCCN1CCc2ccccc2C1)C(=O)O)OCC1c2ccccc2-c2ccccc21. The zero-order valence-corrected chi connectivity index (χ0v) is 20.9. The first kappa shape index (κ1) is 25.7. The van der Waals surface area contributed by atoms with Gasteiger partial charge in [0.1, 0.15) is 12.6 Å². The van der Waals surface area contributed by atoms with Gasteiger partial charge in [-0.25, -0.2) is 9.59 Å². The Hall–Kier alpha value is -3.35. The number of carboxylic acid groups (broad SMARTS) is 1. The number of carboxylic acids is 1. The second-order valence-electron chi connectivity index (χ2n) is 9.30. The number of nitrogens with one attached hydrogen (secondary N) is 1. The van der Waals surface area contributed by atoms with Crippen molar-refractivity contribution in [3.63, 3.8) is 0 Å². The normalized spacial score (nSPS) is 15.1. The molecule has 0 radical (unpaired) electrons. The smallest absolute Gasteiger partial charge is 0.407 e. The molecule has 188 valence electrons. The van der Waals surface area contributed by atoms with Crippen LogP contribution in [0.3, 0.4) is 0 Å². The number of rotatable bonds is 8. The summed E-state index contributed by atoms with van der Waals surface area (Å²) in [6.07, 6.45) is 1.36. The molecule has 1 aliphatic heterocycles. The van der Waals surface area contributed by atoms with Crippen molar-refractivity contribution in [2.45, 2.75) is 37.8 Å². The molecule has 7 heteroatoms. The maximum Gasteiger partial charge on any atom is 0.407 e. The molecule has 1 amide bonds. The van der Waals surface area contributed by atoms with Gasteiger partial charge in [0.2, 0.25) is 0 Å². The zero-order valence-electron chi connectivity index (χ0n) is 20.1.